The van der Waals surface area contributed by atoms with Gasteiger partial charge in [-0.1, -0.05) is 146 Å². The van der Waals surface area contributed by atoms with Crippen molar-refractivity contribution in [1.29, 1.82) is 0 Å². The average molecular weight is 644 g/mol. The molecule has 0 fully saturated rings. The largest absolute Gasteiger partial charge is 0.457 e. The van der Waals surface area contributed by atoms with E-state index in [9.17, 15) is 0 Å². The zero-order valence-electron chi connectivity index (χ0n) is 27.3. The van der Waals surface area contributed by atoms with Crippen molar-refractivity contribution in [3.63, 3.8) is 0 Å². The van der Waals surface area contributed by atoms with Crippen molar-refractivity contribution in [2.45, 2.75) is 11.6 Å². The molecule has 0 amide bonds. The van der Waals surface area contributed by atoms with Crippen molar-refractivity contribution in [3.8, 4) is 33.8 Å². The molecule has 2 N–H and O–H groups in total. The molecule has 6 aromatic rings. The molecule has 1 aliphatic carbocycles. The predicted octanol–water partition coefficient (Wildman–Crippen LogP) is 9.84. The van der Waals surface area contributed by atoms with Gasteiger partial charge in [-0.25, -0.2) is 0 Å². The van der Waals surface area contributed by atoms with E-state index in [1.807, 2.05) is 6.07 Å². The van der Waals surface area contributed by atoms with Crippen LogP contribution in [0.15, 0.2) is 186 Å². The monoisotopic (exact) mass is 643 g/mol. The third kappa shape index (κ3) is 4.28. The average Bonchev–Trinajstić information content (AvgIpc) is 3.49. The second-order valence-electron chi connectivity index (χ2n) is 13.1. The van der Waals surface area contributed by atoms with Gasteiger partial charge in [-0.3, -0.25) is 4.99 Å². The Morgan fingerprint density at radius 3 is 2.00 bits per heavy atom. The van der Waals surface area contributed by atoms with Crippen LogP contribution < -0.4 is 15.4 Å². The number of ether oxygens (including phenoxy) is 1. The standard InChI is InChI=1S/C46H33N3O/c1-2-14-30(15-3-1)41-29-42(40-23-12-13-27-47-40)49-45(48-41)35-19-5-4-16-32(35)31-25-26-39-44(28-31)50-43-24-11-10-22-38(43)46(39)36-20-8-6-17-33(36)34-18-7-9-21-37(34)46/h1-26,28-29,45,47,49H,27H2. The van der Waals surface area contributed by atoms with Gasteiger partial charge in [0.05, 0.1) is 22.5 Å². The highest BCUT2D eigenvalue weighted by Crippen LogP contribution is 2.62. The molecule has 10 rings (SSSR count). The van der Waals surface area contributed by atoms with E-state index in [1.165, 1.54) is 27.8 Å². The summed E-state index contributed by atoms with van der Waals surface area (Å²) in [6.45, 7) is 0.790. The summed E-state index contributed by atoms with van der Waals surface area (Å²) < 4.78 is 6.84. The molecular weight excluding hydrogens is 611 g/mol. The zero-order chi connectivity index (χ0) is 33.1. The Hall–Kier alpha value is -6.39. The van der Waals surface area contributed by atoms with E-state index >= 15 is 0 Å². The molecule has 1 unspecified atom stereocenters. The van der Waals surface area contributed by atoms with Crippen LogP contribution in [0, 0.1) is 0 Å². The van der Waals surface area contributed by atoms with Gasteiger partial charge in [0.15, 0.2) is 0 Å². The fourth-order valence-corrected chi connectivity index (χ4v) is 8.28. The van der Waals surface area contributed by atoms with Crippen molar-refractivity contribution in [2.24, 2.45) is 4.99 Å². The smallest absolute Gasteiger partial charge is 0.146 e. The van der Waals surface area contributed by atoms with Crippen molar-refractivity contribution < 1.29 is 4.74 Å². The molecule has 1 spiro atoms. The quantitative estimate of drug-likeness (QED) is 0.201. The van der Waals surface area contributed by atoms with Gasteiger partial charge in [-0.2, -0.15) is 0 Å². The summed E-state index contributed by atoms with van der Waals surface area (Å²) >= 11 is 0. The topological polar surface area (TPSA) is 45.7 Å². The van der Waals surface area contributed by atoms with Crippen LogP contribution in [-0.4, -0.2) is 12.3 Å². The molecule has 50 heavy (non-hydrogen) atoms. The Labute approximate surface area is 291 Å². The van der Waals surface area contributed by atoms with E-state index in [4.69, 9.17) is 9.73 Å². The van der Waals surface area contributed by atoms with Crippen LogP contribution >= 0.6 is 0 Å². The van der Waals surface area contributed by atoms with Gasteiger partial charge in [0.2, 0.25) is 0 Å². The maximum Gasteiger partial charge on any atom is 0.146 e. The number of nitrogens with one attached hydrogen (secondary N) is 2. The molecular formula is C46H33N3O. The van der Waals surface area contributed by atoms with Gasteiger partial charge in [0.25, 0.3) is 0 Å². The Balaban J connectivity index is 1.13. The molecule has 4 nitrogen and oxygen atoms in total. The lowest BCUT2D eigenvalue weighted by Crippen LogP contribution is -2.32. The van der Waals surface area contributed by atoms with Crippen LogP contribution in [0.25, 0.3) is 22.3 Å². The first-order valence-corrected chi connectivity index (χ1v) is 17.2. The minimum Gasteiger partial charge on any atom is -0.457 e. The highest BCUT2D eigenvalue weighted by Gasteiger charge is 2.50. The molecule has 0 bridgehead atoms. The number of allylic oxidation sites excluding steroid dienone is 3. The first-order chi connectivity index (χ1) is 24.8. The zero-order valence-corrected chi connectivity index (χ0v) is 27.3. The van der Waals surface area contributed by atoms with Crippen LogP contribution in [0.1, 0.15) is 39.5 Å². The Kier molecular flexibility index (Phi) is 6.50. The molecule has 4 heteroatoms. The molecule has 0 saturated carbocycles. The molecule has 1 atom stereocenters. The fraction of sp³-hybridized carbons (Fsp3) is 0.0652. The van der Waals surface area contributed by atoms with E-state index in [0.29, 0.717) is 0 Å². The van der Waals surface area contributed by atoms with Gasteiger partial charge >= 0.3 is 0 Å². The van der Waals surface area contributed by atoms with Crippen LogP contribution in [0.5, 0.6) is 11.5 Å². The number of aliphatic imine (C=N–C) groups is 1. The summed E-state index contributed by atoms with van der Waals surface area (Å²) in [4.78, 5) is 5.30. The van der Waals surface area contributed by atoms with E-state index in [0.717, 1.165) is 63.0 Å². The van der Waals surface area contributed by atoms with Gasteiger partial charge in [0.1, 0.15) is 17.7 Å². The normalized spacial score (nSPS) is 17.4. The molecule has 238 valence electrons. The van der Waals surface area contributed by atoms with Crippen molar-refractivity contribution in [3.05, 3.63) is 215 Å². The number of fused-ring (bicyclic) bond motifs is 9. The minimum atomic E-state index is -0.482. The van der Waals surface area contributed by atoms with Gasteiger partial charge in [0, 0.05) is 23.2 Å². The molecule has 3 aliphatic heterocycles. The molecule has 0 saturated heterocycles. The third-order valence-electron chi connectivity index (χ3n) is 10.4. The molecule has 6 aromatic carbocycles. The summed E-state index contributed by atoms with van der Waals surface area (Å²) in [7, 11) is 0. The summed E-state index contributed by atoms with van der Waals surface area (Å²) in [5.41, 5.74) is 14.4. The summed E-state index contributed by atoms with van der Waals surface area (Å²) in [6, 6.07) is 52.0. The van der Waals surface area contributed by atoms with Crippen LogP contribution in [0.4, 0.5) is 0 Å². The molecule has 0 aromatic heterocycles. The lowest BCUT2D eigenvalue weighted by atomic mass is 9.66. The van der Waals surface area contributed by atoms with Crippen molar-refractivity contribution in [1.82, 2.24) is 10.6 Å². The molecule has 3 heterocycles. The maximum atomic E-state index is 6.84. The number of hydrogen-bond donors (Lipinski definition) is 2. The summed E-state index contributed by atoms with van der Waals surface area (Å²) in [5, 5.41) is 7.30. The van der Waals surface area contributed by atoms with Crippen molar-refractivity contribution in [2.75, 3.05) is 6.54 Å². The number of nitrogens with zero attached hydrogens (tertiary/aromatic N) is 1. The Morgan fingerprint density at radius 1 is 0.580 bits per heavy atom. The predicted molar refractivity (Wildman–Crippen MR) is 201 cm³/mol. The van der Waals surface area contributed by atoms with E-state index in [-0.39, 0.29) is 6.17 Å². The summed E-state index contributed by atoms with van der Waals surface area (Å²) in [5.74, 6) is 1.76. The first-order valence-electron chi connectivity index (χ1n) is 17.2. The maximum absolute atomic E-state index is 6.84. The number of dihydropyridines is 1. The molecule has 4 aliphatic rings. The van der Waals surface area contributed by atoms with Crippen molar-refractivity contribution >= 4 is 5.71 Å². The SMILES string of the molecule is C1=CCNC(C2=CC(c3ccccc3)=NC(c3ccccc3-c3ccc4c(c3)Oc3ccccc3C43c4ccccc4-c4ccccc43)N2)=C1. The number of benzene rings is 6. The molecule has 0 radical (unpaired) electrons. The number of para-hydroxylation sites is 1. The van der Waals surface area contributed by atoms with E-state index < -0.39 is 5.41 Å². The van der Waals surface area contributed by atoms with Gasteiger partial charge in [-0.15, -0.1) is 0 Å². The third-order valence-corrected chi connectivity index (χ3v) is 10.4. The Bertz CT molecular complexity index is 2410. The van der Waals surface area contributed by atoms with Gasteiger partial charge in [-0.05, 0) is 63.2 Å². The highest BCUT2D eigenvalue weighted by molar-refractivity contribution is 6.10. The fourth-order valence-electron chi connectivity index (χ4n) is 8.28. The first kappa shape index (κ1) is 28.6. The number of rotatable bonds is 4. The minimum absolute atomic E-state index is 0.299. The highest BCUT2D eigenvalue weighted by atomic mass is 16.5. The van der Waals surface area contributed by atoms with Crippen LogP contribution in [-0.2, 0) is 5.41 Å². The lowest BCUT2D eigenvalue weighted by Gasteiger charge is -2.39. The number of hydrogen-bond acceptors (Lipinski definition) is 4. The van der Waals surface area contributed by atoms with E-state index in [1.54, 1.807) is 0 Å². The van der Waals surface area contributed by atoms with Gasteiger partial charge < -0.3 is 15.4 Å². The van der Waals surface area contributed by atoms with Crippen LogP contribution in [0.3, 0.4) is 0 Å². The summed E-state index contributed by atoms with van der Waals surface area (Å²) in [6.07, 6.45) is 8.19. The van der Waals surface area contributed by atoms with Crippen LogP contribution in [0.2, 0.25) is 0 Å². The van der Waals surface area contributed by atoms with E-state index in [2.05, 4.69) is 174 Å². The lowest BCUT2D eigenvalue weighted by molar-refractivity contribution is 0.436. The second-order valence-corrected chi connectivity index (χ2v) is 13.1. The Morgan fingerprint density at radius 2 is 1.24 bits per heavy atom. The second kappa shape index (κ2) is 11.4.